The van der Waals surface area contributed by atoms with Crippen LogP contribution >= 0.6 is 23.1 Å². The Labute approximate surface area is 93.0 Å². The van der Waals surface area contributed by atoms with Crippen LogP contribution in [0.4, 0.5) is 0 Å². The molecule has 14 heavy (non-hydrogen) atoms. The van der Waals surface area contributed by atoms with E-state index in [1.165, 1.54) is 10.4 Å². The predicted molar refractivity (Wildman–Crippen MR) is 62.8 cm³/mol. The zero-order chi connectivity index (χ0) is 9.97. The first-order valence-corrected chi connectivity index (χ1v) is 6.57. The monoisotopic (exact) mass is 229 g/mol. The molecule has 0 spiro atoms. The van der Waals surface area contributed by atoms with Crippen LogP contribution in [0.1, 0.15) is 22.7 Å². The number of ether oxygens (including phenoxy) is 1. The Morgan fingerprint density at radius 1 is 1.64 bits per heavy atom. The predicted octanol–water partition coefficient (Wildman–Crippen LogP) is 2.62. The third-order valence-corrected chi connectivity index (χ3v) is 4.72. The zero-order valence-corrected chi connectivity index (χ0v) is 10.1. The van der Waals surface area contributed by atoms with Crippen LogP contribution < -0.4 is 5.32 Å². The standard InChI is InChI=1S/C10H15NOS2/c1-7-4-11-10(14-7)9-3-8(5-12-2)6-13-9/h3,6-7,10-11H,4-5H2,1-2H3. The molecule has 0 aliphatic carbocycles. The number of thioether (sulfide) groups is 1. The molecule has 0 saturated carbocycles. The molecule has 1 aromatic heterocycles. The molecule has 1 aromatic rings. The minimum atomic E-state index is 0.501. The van der Waals surface area contributed by atoms with Crippen molar-refractivity contribution in [2.24, 2.45) is 0 Å². The van der Waals surface area contributed by atoms with Crippen LogP contribution in [0.5, 0.6) is 0 Å². The van der Waals surface area contributed by atoms with Crippen molar-refractivity contribution in [2.45, 2.75) is 24.2 Å². The molecule has 0 aromatic carbocycles. The van der Waals surface area contributed by atoms with Gasteiger partial charge in [0.15, 0.2) is 0 Å². The lowest BCUT2D eigenvalue weighted by atomic mass is 10.3. The van der Waals surface area contributed by atoms with Crippen molar-refractivity contribution in [3.8, 4) is 0 Å². The number of methoxy groups -OCH3 is 1. The second-order valence-corrected chi connectivity index (χ2v) is 6.02. The first kappa shape index (κ1) is 10.5. The van der Waals surface area contributed by atoms with E-state index in [0.717, 1.165) is 18.4 Å². The van der Waals surface area contributed by atoms with E-state index in [2.05, 4.69) is 23.7 Å². The van der Waals surface area contributed by atoms with Gasteiger partial charge in [-0.05, 0) is 17.0 Å². The topological polar surface area (TPSA) is 21.3 Å². The molecule has 0 amide bonds. The van der Waals surface area contributed by atoms with Crippen LogP contribution in [0.25, 0.3) is 0 Å². The van der Waals surface area contributed by atoms with Gasteiger partial charge in [0.2, 0.25) is 0 Å². The first-order valence-electron chi connectivity index (χ1n) is 4.74. The maximum absolute atomic E-state index is 5.10. The smallest absolute Gasteiger partial charge is 0.0886 e. The molecule has 4 heteroatoms. The number of nitrogens with one attached hydrogen (secondary N) is 1. The van der Waals surface area contributed by atoms with Gasteiger partial charge in [-0.15, -0.1) is 23.1 Å². The summed E-state index contributed by atoms with van der Waals surface area (Å²) in [4.78, 5) is 1.42. The van der Waals surface area contributed by atoms with Crippen LogP contribution in [0.2, 0.25) is 0 Å². The van der Waals surface area contributed by atoms with Gasteiger partial charge in [-0.25, -0.2) is 0 Å². The summed E-state index contributed by atoms with van der Waals surface area (Å²) in [5.41, 5.74) is 1.29. The van der Waals surface area contributed by atoms with Gasteiger partial charge < -0.3 is 4.74 Å². The van der Waals surface area contributed by atoms with Gasteiger partial charge >= 0.3 is 0 Å². The summed E-state index contributed by atoms with van der Waals surface area (Å²) in [7, 11) is 1.74. The number of hydrogen-bond donors (Lipinski definition) is 1. The highest BCUT2D eigenvalue weighted by Crippen LogP contribution is 2.37. The van der Waals surface area contributed by atoms with Gasteiger partial charge in [0, 0.05) is 23.8 Å². The highest BCUT2D eigenvalue weighted by molar-refractivity contribution is 8.00. The third kappa shape index (κ3) is 2.31. The molecule has 2 rings (SSSR count). The van der Waals surface area contributed by atoms with Crippen molar-refractivity contribution >= 4 is 23.1 Å². The highest BCUT2D eigenvalue weighted by Gasteiger charge is 2.23. The minimum absolute atomic E-state index is 0.501. The summed E-state index contributed by atoms with van der Waals surface area (Å²) in [6.45, 7) is 4.11. The summed E-state index contributed by atoms with van der Waals surface area (Å²) < 4.78 is 5.10. The lowest BCUT2D eigenvalue weighted by molar-refractivity contribution is 0.185. The van der Waals surface area contributed by atoms with Crippen LogP contribution in [0, 0.1) is 0 Å². The fraction of sp³-hybridized carbons (Fsp3) is 0.600. The summed E-state index contributed by atoms with van der Waals surface area (Å²) in [5, 5.41) is 6.93. The molecule has 2 unspecified atom stereocenters. The normalized spacial score (nSPS) is 27.0. The van der Waals surface area contributed by atoms with Crippen LogP contribution in [0.3, 0.4) is 0 Å². The average molecular weight is 229 g/mol. The van der Waals surface area contributed by atoms with Gasteiger partial charge in [-0.1, -0.05) is 6.92 Å². The summed E-state index contributed by atoms with van der Waals surface area (Å²) >= 11 is 3.83. The van der Waals surface area contributed by atoms with Crippen molar-refractivity contribution in [3.05, 3.63) is 21.9 Å². The van der Waals surface area contributed by atoms with Crippen molar-refractivity contribution in [3.63, 3.8) is 0 Å². The van der Waals surface area contributed by atoms with Crippen LogP contribution in [-0.4, -0.2) is 18.9 Å². The molecule has 78 valence electrons. The Morgan fingerprint density at radius 3 is 3.14 bits per heavy atom. The van der Waals surface area contributed by atoms with Crippen molar-refractivity contribution < 1.29 is 4.74 Å². The van der Waals surface area contributed by atoms with Gasteiger partial charge in [0.1, 0.15) is 0 Å². The first-order chi connectivity index (χ1) is 6.79. The molecule has 2 nitrogen and oxygen atoms in total. The van der Waals surface area contributed by atoms with Gasteiger partial charge in [0.25, 0.3) is 0 Å². The van der Waals surface area contributed by atoms with E-state index in [4.69, 9.17) is 4.74 Å². The lowest BCUT2D eigenvalue weighted by Crippen LogP contribution is -2.12. The van der Waals surface area contributed by atoms with Crippen molar-refractivity contribution in [2.75, 3.05) is 13.7 Å². The number of thiophene rings is 1. The molecule has 1 N–H and O–H groups in total. The van der Waals surface area contributed by atoms with Crippen LogP contribution in [-0.2, 0) is 11.3 Å². The maximum Gasteiger partial charge on any atom is 0.0886 e. The SMILES string of the molecule is COCc1csc(C2NCC(C)S2)c1. The molecule has 1 aliphatic rings. The van der Waals surface area contributed by atoms with Crippen LogP contribution in [0.15, 0.2) is 11.4 Å². The fourth-order valence-corrected chi connectivity index (χ4v) is 3.78. The minimum Gasteiger partial charge on any atom is -0.380 e. The molecule has 2 atom stereocenters. The van der Waals surface area contributed by atoms with E-state index >= 15 is 0 Å². The van der Waals surface area contributed by atoms with Crippen molar-refractivity contribution in [1.29, 1.82) is 0 Å². The van der Waals surface area contributed by atoms with E-state index in [-0.39, 0.29) is 0 Å². The zero-order valence-electron chi connectivity index (χ0n) is 8.45. The molecular weight excluding hydrogens is 214 g/mol. The van der Waals surface area contributed by atoms with Gasteiger partial charge in [-0.2, -0.15) is 0 Å². The van der Waals surface area contributed by atoms with E-state index < -0.39 is 0 Å². The molecule has 1 saturated heterocycles. The third-order valence-electron chi connectivity index (χ3n) is 2.20. The summed E-state index contributed by atoms with van der Waals surface area (Å²) in [6.07, 6.45) is 0. The Morgan fingerprint density at radius 2 is 2.50 bits per heavy atom. The molecule has 1 aliphatic heterocycles. The molecule has 2 heterocycles. The van der Waals surface area contributed by atoms with E-state index in [1.807, 2.05) is 23.1 Å². The number of hydrogen-bond acceptors (Lipinski definition) is 4. The lowest BCUT2D eigenvalue weighted by Gasteiger charge is -2.05. The molecule has 1 fully saturated rings. The highest BCUT2D eigenvalue weighted by atomic mass is 32.2. The van der Waals surface area contributed by atoms with E-state index in [1.54, 1.807) is 7.11 Å². The molecule has 0 bridgehead atoms. The molecule has 0 radical (unpaired) electrons. The Kier molecular flexibility index (Phi) is 3.49. The van der Waals surface area contributed by atoms with Crippen molar-refractivity contribution in [1.82, 2.24) is 5.32 Å². The molecular formula is C10H15NOS2. The fourth-order valence-electron chi connectivity index (χ4n) is 1.54. The van der Waals surface area contributed by atoms with Gasteiger partial charge in [0.05, 0.1) is 12.0 Å². The maximum atomic E-state index is 5.10. The second kappa shape index (κ2) is 4.66. The Balaban J connectivity index is 2.02. The van der Waals surface area contributed by atoms with E-state index in [0.29, 0.717) is 5.37 Å². The second-order valence-electron chi connectivity index (χ2n) is 3.53. The largest absolute Gasteiger partial charge is 0.380 e. The summed E-state index contributed by atoms with van der Waals surface area (Å²) in [5.74, 6) is 0. The summed E-state index contributed by atoms with van der Waals surface area (Å²) in [6, 6.07) is 2.25. The quantitative estimate of drug-likeness (QED) is 0.861. The Hall–Kier alpha value is -0.0300. The average Bonchev–Trinajstić information content (AvgIpc) is 2.74. The van der Waals surface area contributed by atoms with E-state index in [9.17, 15) is 0 Å². The van der Waals surface area contributed by atoms with Gasteiger partial charge in [-0.3, -0.25) is 5.32 Å². The number of rotatable bonds is 3. The Bertz CT molecular complexity index is 300.